The molecule has 0 radical (unpaired) electrons. The van der Waals surface area contributed by atoms with E-state index in [0.717, 1.165) is 21.4 Å². The van der Waals surface area contributed by atoms with Crippen LogP contribution in [0.4, 0.5) is 4.79 Å². The van der Waals surface area contributed by atoms with Gasteiger partial charge in [-0.15, -0.1) is 5.10 Å². The van der Waals surface area contributed by atoms with Crippen molar-refractivity contribution in [3.05, 3.63) is 40.1 Å². The molecule has 2 heterocycles. The normalized spacial score (nSPS) is 12.8. The number of rotatable bonds is 3. The van der Waals surface area contributed by atoms with Crippen LogP contribution >= 0.6 is 15.9 Å². The van der Waals surface area contributed by atoms with Gasteiger partial charge in [0, 0.05) is 11.0 Å². The number of carbonyl (C=O) groups excluding carboxylic acids is 2. The number of benzene rings is 1. The van der Waals surface area contributed by atoms with E-state index in [9.17, 15) is 9.59 Å². The molecule has 3 rings (SSSR count). The molecule has 1 aromatic carbocycles. The Morgan fingerprint density at radius 2 is 2.21 bits per heavy atom. The zero-order chi connectivity index (χ0) is 17.1. The van der Waals surface area contributed by atoms with Crippen molar-refractivity contribution in [3.63, 3.8) is 0 Å². The number of nitrogens with one attached hydrogen (secondary N) is 1. The van der Waals surface area contributed by atoms with Crippen LogP contribution in [0.1, 0.15) is 18.2 Å². The van der Waals surface area contributed by atoms with Crippen molar-refractivity contribution in [3.8, 4) is 5.69 Å². The first-order valence-electron chi connectivity index (χ1n) is 7.45. The summed E-state index contributed by atoms with van der Waals surface area (Å²) < 4.78 is 7.45. The van der Waals surface area contributed by atoms with Crippen LogP contribution in [0.15, 0.2) is 28.9 Å². The molecule has 2 aromatic rings. The summed E-state index contributed by atoms with van der Waals surface area (Å²) in [5, 5.41) is 10.6. The maximum Gasteiger partial charge on any atom is 0.325 e. The molecular formula is C15H16BrN5O3. The zero-order valence-electron chi connectivity index (χ0n) is 13.0. The molecular weight excluding hydrogens is 378 g/mol. The average molecular weight is 394 g/mol. The smallest absolute Gasteiger partial charge is 0.325 e. The topological polar surface area (TPSA) is 89.4 Å². The van der Waals surface area contributed by atoms with E-state index in [-0.39, 0.29) is 19.2 Å². The van der Waals surface area contributed by atoms with Gasteiger partial charge in [-0.2, -0.15) is 0 Å². The zero-order valence-corrected chi connectivity index (χ0v) is 14.6. The number of urea groups is 1. The summed E-state index contributed by atoms with van der Waals surface area (Å²) in [6.07, 6.45) is 1.63. The molecule has 8 nitrogen and oxygen atoms in total. The van der Waals surface area contributed by atoms with Crippen LogP contribution in [-0.2, 0) is 22.6 Å². The van der Waals surface area contributed by atoms with Gasteiger partial charge in [-0.1, -0.05) is 21.1 Å². The highest BCUT2D eigenvalue weighted by molar-refractivity contribution is 9.10. The van der Waals surface area contributed by atoms with Gasteiger partial charge < -0.3 is 15.0 Å². The number of fused-ring (bicyclic) bond motifs is 3. The molecule has 126 valence electrons. The second-order valence-corrected chi connectivity index (χ2v) is 6.15. The van der Waals surface area contributed by atoms with Crippen LogP contribution in [0, 0.1) is 0 Å². The van der Waals surface area contributed by atoms with Gasteiger partial charge in [0.2, 0.25) is 0 Å². The first-order valence-corrected chi connectivity index (χ1v) is 8.24. The van der Waals surface area contributed by atoms with Crippen LogP contribution < -0.4 is 5.32 Å². The largest absolute Gasteiger partial charge is 0.465 e. The van der Waals surface area contributed by atoms with Crippen LogP contribution in [0.3, 0.4) is 0 Å². The van der Waals surface area contributed by atoms with Gasteiger partial charge in [0.25, 0.3) is 0 Å². The van der Waals surface area contributed by atoms with Gasteiger partial charge in [0.05, 0.1) is 30.7 Å². The molecule has 9 heteroatoms. The Hall–Kier alpha value is -2.42. The van der Waals surface area contributed by atoms with Crippen molar-refractivity contribution >= 4 is 27.9 Å². The molecule has 1 aliphatic rings. The molecule has 24 heavy (non-hydrogen) atoms. The van der Waals surface area contributed by atoms with E-state index < -0.39 is 5.97 Å². The van der Waals surface area contributed by atoms with E-state index in [2.05, 4.69) is 31.6 Å². The number of amides is 2. The molecule has 0 saturated carbocycles. The van der Waals surface area contributed by atoms with E-state index in [1.165, 1.54) is 0 Å². The molecule has 1 N–H and O–H groups in total. The Morgan fingerprint density at radius 3 is 3.00 bits per heavy atom. The predicted molar refractivity (Wildman–Crippen MR) is 88.3 cm³/mol. The van der Waals surface area contributed by atoms with Crippen molar-refractivity contribution in [1.29, 1.82) is 0 Å². The molecule has 1 aliphatic heterocycles. The second-order valence-electron chi connectivity index (χ2n) is 5.23. The Morgan fingerprint density at radius 1 is 1.38 bits per heavy atom. The molecule has 0 unspecified atom stereocenters. The number of aromatic nitrogens is 3. The predicted octanol–water partition coefficient (Wildman–Crippen LogP) is 1.62. The third-order valence-electron chi connectivity index (χ3n) is 3.58. The van der Waals surface area contributed by atoms with E-state index in [1.807, 2.05) is 18.2 Å². The summed E-state index contributed by atoms with van der Waals surface area (Å²) in [5.41, 5.74) is 2.61. The Labute approximate surface area is 146 Å². The van der Waals surface area contributed by atoms with Crippen LogP contribution in [0.2, 0.25) is 0 Å². The number of hydrogen-bond donors (Lipinski definition) is 1. The number of nitrogens with zero attached hydrogens (tertiary/aromatic N) is 4. The third kappa shape index (κ3) is 3.40. The van der Waals surface area contributed by atoms with Gasteiger partial charge in [0.15, 0.2) is 0 Å². The van der Waals surface area contributed by atoms with Gasteiger partial charge in [-0.3, -0.25) is 4.79 Å². The summed E-state index contributed by atoms with van der Waals surface area (Å²) in [4.78, 5) is 25.4. The number of esters is 1. The Kier molecular flexibility index (Phi) is 4.79. The standard InChI is InChI=1S/C15H16BrN5O3/c1-2-24-14(22)7-17-15(23)20-8-10-5-11(16)3-4-13(10)21-12(9-20)6-18-19-21/h3-6H,2,7-9H2,1H3,(H,17,23). The number of carbonyl (C=O) groups is 2. The van der Waals surface area contributed by atoms with Crippen molar-refractivity contribution in [2.45, 2.75) is 20.0 Å². The molecule has 0 saturated heterocycles. The second kappa shape index (κ2) is 7.00. The molecule has 1 aromatic heterocycles. The quantitative estimate of drug-likeness (QED) is 0.800. The number of ether oxygens (including phenoxy) is 1. The monoisotopic (exact) mass is 393 g/mol. The van der Waals surface area contributed by atoms with E-state index in [4.69, 9.17) is 4.74 Å². The molecule has 0 bridgehead atoms. The van der Waals surface area contributed by atoms with Crippen molar-refractivity contribution in [2.24, 2.45) is 0 Å². The van der Waals surface area contributed by atoms with Gasteiger partial charge in [0.1, 0.15) is 6.54 Å². The third-order valence-corrected chi connectivity index (χ3v) is 4.07. The summed E-state index contributed by atoms with van der Waals surface area (Å²) in [6.45, 7) is 2.58. The molecule has 0 spiro atoms. The lowest BCUT2D eigenvalue weighted by Crippen LogP contribution is -2.41. The minimum Gasteiger partial charge on any atom is -0.465 e. The van der Waals surface area contributed by atoms with Gasteiger partial charge in [-0.25, -0.2) is 9.48 Å². The van der Waals surface area contributed by atoms with Gasteiger partial charge >= 0.3 is 12.0 Å². The summed E-state index contributed by atoms with van der Waals surface area (Å²) >= 11 is 3.45. The Balaban J connectivity index is 1.82. The molecule has 0 fully saturated rings. The molecule has 2 amide bonds. The number of halogens is 1. The highest BCUT2D eigenvalue weighted by Crippen LogP contribution is 2.26. The van der Waals surface area contributed by atoms with Crippen LogP contribution in [0.25, 0.3) is 5.69 Å². The number of hydrogen-bond acceptors (Lipinski definition) is 5. The van der Waals surface area contributed by atoms with Crippen molar-refractivity contribution < 1.29 is 14.3 Å². The average Bonchev–Trinajstić information content (AvgIpc) is 2.94. The SMILES string of the molecule is CCOC(=O)CNC(=O)N1Cc2cc(Br)ccc2-n2nncc2C1. The Bertz CT molecular complexity index is 776. The maximum atomic E-state index is 12.4. The van der Waals surface area contributed by atoms with Crippen LogP contribution in [-0.4, -0.2) is 45.0 Å². The lowest BCUT2D eigenvalue weighted by Gasteiger charge is -2.20. The van der Waals surface area contributed by atoms with Crippen molar-refractivity contribution in [2.75, 3.05) is 13.2 Å². The first kappa shape index (κ1) is 16.4. The van der Waals surface area contributed by atoms with Gasteiger partial charge in [-0.05, 0) is 30.7 Å². The highest BCUT2D eigenvalue weighted by atomic mass is 79.9. The maximum absolute atomic E-state index is 12.4. The minimum atomic E-state index is -0.462. The highest BCUT2D eigenvalue weighted by Gasteiger charge is 2.24. The van der Waals surface area contributed by atoms with Crippen LogP contribution in [0.5, 0.6) is 0 Å². The summed E-state index contributed by atoms with van der Waals surface area (Å²) in [6, 6.07) is 5.44. The fourth-order valence-electron chi connectivity index (χ4n) is 2.53. The van der Waals surface area contributed by atoms with E-state index in [0.29, 0.717) is 13.1 Å². The first-order chi connectivity index (χ1) is 11.6. The van der Waals surface area contributed by atoms with E-state index in [1.54, 1.807) is 22.7 Å². The minimum absolute atomic E-state index is 0.161. The summed E-state index contributed by atoms with van der Waals surface area (Å²) in [5.74, 6) is -0.462. The fourth-order valence-corrected chi connectivity index (χ4v) is 2.94. The lowest BCUT2D eigenvalue weighted by atomic mass is 10.2. The fraction of sp³-hybridized carbons (Fsp3) is 0.333. The molecule has 0 atom stereocenters. The van der Waals surface area contributed by atoms with E-state index >= 15 is 0 Å². The lowest BCUT2D eigenvalue weighted by molar-refractivity contribution is -0.141. The van der Waals surface area contributed by atoms with Crippen molar-refractivity contribution in [1.82, 2.24) is 25.2 Å². The molecule has 0 aliphatic carbocycles. The summed E-state index contributed by atoms with van der Waals surface area (Å²) in [7, 11) is 0.